The average molecular weight is 378 g/mol. The maximum Gasteiger partial charge on any atom is 0.272 e. The number of hydrogen-bond donors (Lipinski definition) is 2. The Morgan fingerprint density at radius 1 is 0.963 bits per heavy atom. The van der Waals surface area contributed by atoms with Gasteiger partial charge in [-0.05, 0) is 41.8 Å². The molecule has 0 aliphatic rings. The number of ether oxygens (including phenoxy) is 1. The highest BCUT2D eigenvalue weighted by molar-refractivity contribution is 7.10. The lowest BCUT2D eigenvalue weighted by atomic mass is 10.2. The molecule has 1 aromatic heterocycles. The van der Waals surface area contributed by atoms with Gasteiger partial charge in [-0.15, -0.1) is 11.3 Å². The Morgan fingerprint density at radius 2 is 1.70 bits per heavy atom. The third-order valence-corrected chi connectivity index (χ3v) is 4.53. The Balaban J connectivity index is 1.86. The van der Waals surface area contributed by atoms with Gasteiger partial charge in [0.25, 0.3) is 11.8 Å². The van der Waals surface area contributed by atoms with Crippen LogP contribution in [0.25, 0.3) is 6.08 Å². The lowest BCUT2D eigenvalue weighted by Gasteiger charge is -2.13. The van der Waals surface area contributed by atoms with Crippen LogP contribution in [0, 0.1) is 0 Å². The van der Waals surface area contributed by atoms with Gasteiger partial charge in [0.05, 0.1) is 12.8 Å². The van der Waals surface area contributed by atoms with Gasteiger partial charge in [0.15, 0.2) is 0 Å². The molecule has 136 valence electrons. The number of carbonyl (C=O) groups is 2. The number of hydrogen-bond acceptors (Lipinski definition) is 4. The first-order valence-corrected chi connectivity index (χ1v) is 9.11. The minimum Gasteiger partial charge on any atom is -0.495 e. The van der Waals surface area contributed by atoms with Gasteiger partial charge in [-0.2, -0.15) is 0 Å². The lowest BCUT2D eigenvalue weighted by Crippen LogP contribution is -2.30. The second-order valence-electron chi connectivity index (χ2n) is 5.55. The zero-order chi connectivity index (χ0) is 19.1. The maximum atomic E-state index is 12.8. The van der Waals surface area contributed by atoms with Gasteiger partial charge in [-0.25, -0.2) is 0 Å². The van der Waals surface area contributed by atoms with E-state index in [2.05, 4.69) is 10.6 Å². The number of rotatable bonds is 6. The van der Waals surface area contributed by atoms with E-state index >= 15 is 0 Å². The number of para-hydroxylation sites is 2. The molecule has 0 aliphatic heterocycles. The molecule has 0 spiro atoms. The van der Waals surface area contributed by atoms with Crippen molar-refractivity contribution in [2.75, 3.05) is 12.4 Å². The average Bonchev–Trinajstić information content (AvgIpc) is 3.21. The van der Waals surface area contributed by atoms with Gasteiger partial charge in [-0.1, -0.05) is 36.4 Å². The van der Waals surface area contributed by atoms with Crippen LogP contribution in [-0.4, -0.2) is 18.9 Å². The maximum absolute atomic E-state index is 12.8. The Hall–Kier alpha value is -3.38. The fourth-order valence-corrected chi connectivity index (χ4v) is 3.05. The van der Waals surface area contributed by atoms with Crippen molar-refractivity contribution in [2.24, 2.45) is 0 Å². The zero-order valence-corrected chi connectivity index (χ0v) is 15.5. The number of methoxy groups -OCH3 is 1. The highest BCUT2D eigenvalue weighted by atomic mass is 32.1. The van der Waals surface area contributed by atoms with E-state index < -0.39 is 5.91 Å². The molecule has 5 nitrogen and oxygen atoms in total. The summed E-state index contributed by atoms with van der Waals surface area (Å²) >= 11 is 1.47. The van der Waals surface area contributed by atoms with Crippen molar-refractivity contribution in [2.45, 2.75) is 0 Å². The first kappa shape index (κ1) is 18.4. The third kappa shape index (κ3) is 4.83. The molecule has 2 amide bonds. The normalized spacial score (nSPS) is 10.9. The Morgan fingerprint density at radius 3 is 2.41 bits per heavy atom. The smallest absolute Gasteiger partial charge is 0.272 e. The van der Waals surface area contributed by atoms with Crippen LogP contribution in [0.1, 0.15) is 15.2 Å². The van der Waals surface area contributed by atoms with Crippen molar-refractivity contribution in [1.29, 1.82) is 0 Å². The van der Waals surface area contributed by atoms with Gasteiger partial charge < -0.3 is 15.4 Å². The molecule has 3 rings (SSSR count). The summed E-state index contributed by atoms with van der Waals surface area (Å²) in [5.74, 6) is -0.249. The number of carbonyl (C=O) groups excluding carboxylic acids is 2. The molecule has 0 aliphatic carbocycles. The highest BCUT2D eigenvalue weighted by Gasteiger charge is 2.16. The quantitative estimate of drug-likeness (QED) is 0.633. The number of nitrogens with one attached hydrogen (secondary N) is 2. The zero-order valence-electron chi connectivity index (χ0n) is 14.6. The predicted molar refractivity (Wildman–Crippen MR) is 108 cm³/mol. The summed E-state index contributed by atoms with van der Waals surface area (Å²) in [6.07, 6.45) is 1.65. The van der Waals surface area contributed by atoms with Crippen LogP contribution in [-0.2, 0) is 4.79 Å². The van der Waals surface area contributed by atoms with Gasteiger partial charge >= 0.3 is 0 Å². The van der Waals surface area contributed by atoms with Crippen molar-refractivity contribution < 1.29 is 14.3 Å². The SMILES string of the molecule is COc1ccccc1NC(=O)C(=Cc1cccs1)NC(=O)c1ccccc1. The van der Waals surface area contributed by atoms with Crippen LogP contribution in [0.3, 0.4) is 0 Å². The molecular formula is C21H18N2O3S. The van der Waals surface area contributed by atoms with Gasteiger partial charge in [0.2, 0.25) is 0 Å². The highest BCUT2D eigenvalue weighted by Crippen LogP contribution is 2.24. The molecule has 3 aromatic rings. The van der Waals surface area contributed by atoms with Crippen molar-refractivity contribution in [3.8, 4) is 5.75 Å². The molecule has 0 atom stereocenters. The topological polar surface area (TPSA) is 67.4 Å². The van der Waals surface area contributed by atoms with E-state index in [1.165, 1.54) is 18.4 Å². The van der Waals surface area contributed by atoms with Gasteiger partial charge in [-0.3, -0.25) is 9.59 Å². The molecule has 6 heteroatoms. The summed E-state index contributed by atoms with van der Waals surface area (Å²) in [7, 11) is 1.53. The van der Waals surface area contributed by atoms with Crippen molar-refractivity contribution in [1.82, 2.24) is 5.32 Å². The summed E-state index contributed by atoms with van der Waals surface area (Å²) in [6, 6.07) is 19.6. The molecule has 2 N–H and O–H groups in total. The first-order valence-electron chi connectivity index (χ1n) is 8.23. The fourth-order valence-electron chi connectivity index (χ4n) is 2.40. The lowest BCUT2D eigenvalue weighted by molar-refractivity contribution is -0.113. The Kier molecular flexibility index (Phi) is 6.02. The summed E-state index contributed by atoms with van der Waals surface area (Å²) in [6.45, 7) is 0. The van der Waals surface area contributed by atoms with Gasteiger partial charge in [0.1, 0.15) is 11.4 Å². The van der Waals surface area contributed by atoms with Crippen molar-refractivity contribution in [3.63, 3.8) is 0 Å². The van der Waals surface area contributed by atoms with E-state index in [-0.39, 0.29) is 11.6 Å². The minimum atomic E-state index is -0.433. The summed E-state index contributed by atoms with van der Waals surface area (Å²) in [5, 5.41) is 7.40. The molecule has 0 bridgehead atoms. The Labute approximate surface area is 161 Å². The third-order valence-electron chi connectivity index (χ3n) is 3.71. The number of thiophene rings is 1. The summed E-state index contributed by atoms with van der Waals surface area (Å²) < 4.78 is 5.26. The second-order valence-corrected chi connectivity index (χ2v) is 6.53. The minimum absolute atomic E-state index is 0.150. The molecule has 0 unspecified atom stereocenters. The van der Waals surface area contributed by atoms with Crippen LogP contribution in [0.5, 0.6) is 5.75 Å². The Bertz CT molecular complexity index is 951. The molecule has 0 fully saturated rings. The monoisotopic (exact) mass is 378 g/mol. The number of anilines is 1. The molecular weight excluding hydrogens is 360 g/mol. The van der Waals surface area contributed by atoms with Gasteiger partial charge in [0, 0.05) is 10.4 Å². The van der Waals surface area contributed by atoms with Crippen LogP contribution in [0.15, 0.2) is 77.8 Å². The largest absolute Gasteiger partial charge is 0.495 e. The van der Waals surface area contributed by atoms with Crippen LogP contribution < -0.4 is 15.4 Å². The molecule has 27 heavy (non-hydrogen) atoms. The van der Waals surface area contributed by atoms with E-state index in [9.17, 15) is 9.59 Å². The predicted octanol–water partition coefficient (Wildman–Crippen LogP) is 4.17. The van der Waals surface area contributed by atoms with Crippen molar-refractivity contribution >= 4 is 34.9 Å². The van der Waals surface area contributed by atoms with Crippen LogP contribution >= 0.6 is 11.3 Å². The standard InChI is InChI=1S/C21H18N2O3S/c1-26-19-12-6-5-11-17(19)22-21(25)18(14-16-10-7-13-27-16)23-20(24)15-8-3-2-4-9-15/h2-14H,1H3,(H,22,25)(H,23,24). The van der Waals surface area contributed by atoms with E-state index in [1.54, 1.807) is 48.5 Å². The molecule has 1 heterocycles. The van der Waals surface area contributed by atoms with Crippen molar-refractivity contribution in [3.05, 3.63) is 88.2 Å². The van der Waals surface area contributed by atoms with Crippen LogP contribution in [0.4, 0.5) is 5.69 Å². The van der Waals surface area contributed by atoms with E-state index in [0.29, 0.717) is 17.0 Å². The van der Waals surface area contributed by atoms with E-state index in [1.807, 2.05) is 29.6 Å². The molecule has 0 radical (unpaired) electrons. The molecule has 0 saturated carbocycles. The summed E-state index contributed by atoms with van der Waals surface area (Å²) in [4.78, 5) is 26.2. The first-order chi connectivity index (χ1) is 13.2. The molecule has 0 saturated heterocycles. The van der Waals surface area contributed by atoms with E-state index in [4.69, 9.17) is 4.74 Å². The summed E-state index contributed by atoms with van der Waals surface area (Å²) in [5.41, 5.74) is 1.15. The number of amides is 2. The fraction of sp³-hybridized carbons (Fsp3) is 0.0476. The molecule has 2 aromatic carbocycles. The number of benzene rings is 2. The van der Waals surface area contributed by atoms with E-state index in [0.717, 1.165) is 4.88 Å². The second kappa shape index (κ2) is 8.82. The van der Waals surface area contributed by atoms with Crippen LogP contribution in [0.2, 0.25) is 0 Å².